The lowest BCUT2D eigenvalue weighted by Gasteiger charge is -2.45. The second-order valence-corrected chi connectivity index (χ2v) is 17.1. The van der Waals surface area contributed by atoms with Crippen molar-refractivity contribution in [2.45, 2.75) is 178 Å². The highest BCUT2D eigenvalue weighted by atomic mass is 31.2. The Kier molecular flexibility index (Phi) is 22.9. The van der Waals surface area contributed by atoms with E-state index in [1.807, 2.05) is 6.07 Å². The minimum Gasteiger partial charge on any atom is -0.490 e. The average molecular weight is 676 g/mol. The molecule has 6 nitrogen and oxygen atoms in total. The van der Waals surface area contributed by atoms with Gasteiger partial charge in [0.2, 0.25) is 0 Å². The first kappa shape index (κ1) is 43.6. The van der Waals surface area contributed by atoms with Crippen LogP contribution >= 0.6 is 8.45 Å². The van der Waals surface area contributed by atoms with Crippen LogP contribution in [0.1, 0.15) is 153 Å². The molecule has 1 unspecified atom stereocenters. The van der Waals surface area contributed by atoms with E-state index in [0.29, 0.717) is 50.4 Å². The summed E-state index contributed by atoms with van der Waals surface area (Å²) in [5.41, 5.74) is 1.09. The summed E-state index contributed by atoms with van der Waals surface area (Å²) in [5.74, 6) is 2.92. The van der Waals surface area contributed by atoms with Gasteiger partial charge in [0.15, 0.2) is 19.9 Å². The molecule has 0 aliphatic heterocycles. The summed E-state index contributed by atoms with van der Waals surface area (Å²) in [6, 6.07) is 10.2. The Balaban J connectivity index is 3.00. The number of rotatable bonds is 27. The molecule has 0 fully saturated rings. The Bertz CT molecular complexity index is 940. The number of ether oxygens (including phenoxy) is 2. The van der Waals surface area contributed by atoms with Crippen LogP contribution in [0.25, 0.3) is 0 Å². The third-order valence-corrected chi connectivity index (χ3v) is 11.5. The zero-order chi connectivity index (χ0) is 35.4. The van der Waals surface area contributed by atoms with Crippen LogP contribution in [0.15, 0.2) is 18.2 Å². The van der Waals surface area contributed by atoms with Gasteiger partial charge in [-0.2, -0.15) is 5.26 Å². The van der Waals surface area contributed by atoms with Crippen molar-refractivity contribution < 1.29 is 14.0 Å². The Morgan fingerprint density at radius 3 is 1.49 bits per heavy atom. The van der Waals surface area contributed by atoms with Crippen LogP contribution in [-0.2, 0) is 10.9 Å². The number of unbranched alkanes of at least 4 members (excludes halogenated alkanes) is 6. The topological polar surface area (TPSA) is 58.0 Å². The summed E-state index contributed by atoms with van der Waals surface area (Å²) in [6.45, 7) is 28.9. The van der Waals surface area contributed by atoms with Crippen molar-refractivity contribution in [1.29, 1.82) is 5.26 Å². The molecule has 272 valence electrons. The zero-order valence-electron chi connectivity index (χ0n) is 32.7. The highest BCUT2D eigenvalue weighted by molar-refractivity contribution is 7.47. The van der Waals surface area contributed by atoms with Crippen LogP contribution in [0.5, 0.6) is 11.5 Å². The zero-order valence-corrected chi connectivity index (χ0v) is 33.6. The van der Waals surface area contributed by atoms with Crippen molar-refractivity contribution in [2.75, 3.05) is 19.8 Å². The first-order valence-electron chi connectivity index (χ1n) is 19.1. The molecule has 0 saturated carbocycles. The lowest BCUT2D eigenvalue weighted by Crippen LogP contribution is -2.43. The predicted molar refractivity (Wildman–Crippen MR) is 203 cm³/mol. The number of hydrogen-bond acceptors (Lipinski definition) is 6. The Morgan fingerprint density at radius 2 is 1.06 bits per heavy atom. The normalized spacial score (nSPS) is 13.0. The highest BCUT2D eigenvalue weighted by Crippen LogP contribution is 2.51. The van der Waals surface area contributed by atoms with Gasteiger partial charge in [-0.3, -0.25) is 0 Å². The summed E-state index contributed by atoms with van der Waals surface area (Å²) in [5, 5.41) is 10.2. The maximum absolute atomic E-state index is 10.2. The van der Waals surface area contributed by atoms with E-state index in [1.54, 1.807) is 0 Å². The molecule has 0 bridgehead atoms. The van der Waals surface area contributed by atoms with Crippen molar-refractivity contribution in [2.24, 2.45) is 17.8 Å². The van der Waals surface area contributed by atoms with E-state index in [1.165, 1.54) is 51.4 Å². The van der Waals surface area contributed by atoms with Gasteiger partial charge >= 0.3 is 0 Å². The Hall–Kier alpha value is -1.38. The van der Waals surface area contributed by atoms with Crippen LogP contribution < -0.4 is 9.47 Å². The lowest BCUT2D eigenvalue weighted by atomic mass is 10.0. The van der Waals surface area contributed by atoms with Gasteiger partial charge in [0.1, 0.15) is 0 Å². The first-order chi connectivity index (χ1) is 22.3. The third kappa shape index (κ3) is 18.3. The molecule has 0 spiro atoms. The second-order valence-electron chi connectivity index (χ2n) is 15.4. The second kappa shape index (κ2) is 24.7. The number of nitriles is 1. The van der Waals surface area contributed by atoms with E-state index < -0.39 is 8.45 Å². The molecule has 0 aliphatic rings. The Labute approximate surface area is 293 Å². The van der Waals surface area contributed by atoms with E-state index in [9.17, 15) is 5.26 Å². The Morgan fingerprint density at radius 1 is 0.617 bits per heavy atom. The molecule has 1 atom stereocenters. The standard InChI is InChI=1S/C40H74N3O3P/c1-31(2)21-17-13-15-19-25-44-39-24-23-37(28-40(39)45-26-20-16-14-18-22-32(3)4)27-38(29-41)30-46-47(42(33(5)6)34(7)8)43(35(9)10)36(11)12/h23-24,28,31-36,38H,13-22,25-27,30H2,1-12H3. The SMILES string of the molecule is CC(C)CCCCCCOc1ccc(CC(C#N)COP(N(C(C)C)C(C)C)N(C(C)C)C(C)C)cc1OCCCCCCC(C)C. The molecule has 0 aromatic heterocycles. The van der Waals surface area contributed by atoms with Crippen molar-refractivity contribution in [3.8, 4) is 17.6 Å². The van der Waals surface area contributed by atoms with E-state index in [2.05, 4.69) is 111 Å². The molecule has 0 heterocycles. The maximum Gasteiger partial charge on any atom is 0.188 e. The average Bonchev–Trinajstić information content (AvgIpc) is 2.97. The molecule has 0 saturated heterocycles. The van der Waals surface area contributed by atoms with Crippen LogP contribution in [0.4, 0.5) is 0 Å². The fourth-order valence-corrected chi connectivity index (χ4v) is 8.51. The smallest absolute Gasteiger partial charge is 0.188 e. The molecule has 0 amide bonds. The summed E-state index contributed by atoms with van der Waals surface area (Å²) in [7, 11) is -1.03. The minimum atomic E-state index is -1.03. The van der Waals surface area contributed by atoms with Crippen molar-refractivity contribution in [1.82, 2.24) is 9.34 Å². The van der Waals surface area contributed by atoms with Crippen LogP contribution in [0, 0.1) is 29.1 Å². The molecule has 0 radical (unpaired) electrons. The van der Waals surface area contributed by atoms with Crippen molar-refractivity contribution >= 4 is 8.45 Å². The molecule has 1 aromatic carbocycles. The molecule has 47 heavy (non-hydrogen) atoms. The quantitative estimate of drug-likeness (QED) is 0.0683. The van der Waals surface area contributed by atoms with Crippen molar-refractivity contribution in [3.63, 3.8) is 0 Å². The summed E-state index contributed by atoms with van der Waals surface area (Å²) in [6.07, 6.45) is 12.8. The molecular weight excluding hydrogens is 601 g/mol. The van der Waals surface area contributed by atoms with Gasteiger partial charge in [0.25, 0.3) is 0 Å². The highest BCUT2D eigenvalue weighted by Gasteiger charge is 2.35. The minimum absolute atomic E-state index is 0.256. The van der Waals surface area contributed by atoms with Gasteiger partial charge in [-0.15, -0.1) is 0 Å². The monoisotopic (exact) mass is 676 g/mol. The van der Waals surface area contributed by atoms with Gasteiger partial charge in [-0.25, -0.2) is 9.34 Å². The van der Waals surface area contributed by atoms with Crippen LogP contribution in [0.3, 0.4) is 0 Å². The van der Waals surface area contributed by atoms with Crippen molar-refractivity contribution in [3.05, 3.63) is 23.8 Å². The van der Waals surface area contributed by atoms with E-state index in [4.69, 9.17) is 14.0 Å². The van der Waals surface area contributed by atoms with Gasteiger partial charge in [-0.05, 0) is 104 Å². The predicted octanol–water partition coefficient (Wildman–Crippen LogP) is 11.8. The summed E-state index contributed by atoms with van der Waals surface area (Å²) >= 11 is 0. The third-order valence-electron chi connectivity index (χ3n) is 8.44. The molecule has 0 N–H and O–H groups in total. The van der Waals surface area contributed by atoms with Gasteiger partial charge in [-0.1, -0.05) is 85.1 Å². The fraction of sp³-hybridized carbons (Fsp3) is 0.825. The van der Waals surface area contributed by atoms with Gasteiger partial charge in [0.05, 0.1) is 31.8 Å². The summed E-state index contributed by atoms with van der Waals surface area (Å²) < 4.78 is 24.4. The number of benzene rings is 1. The largest absolute Gasteiger partial charge is 0.490 e. The molecule has 1 rings (SSSR count). The lowest BCUT2D eigenvalue weighted by molar-refractivity contribution is 0.177. The molecule has 0 aliphatic carbocycles. The van der Waals surface area contributed by atoms with Gasteiger partial charge in [0, 0.05) is 24.2 Å². The summed E-state index contributed by atoms with van der Waals surface area (Å²) in [4.78, 5) is 0. The van der Waals surface area contributed by atoms with Gasteiger partial charge < -0.3 is 14.0 Å². The molecular formula is C40H74N3O3P. The van der Waals surface area contributed by atoms with E-state index in [0.717, 1.165) is 41.7 Å². The number of hydrogen-bond donors (Lipinski definition) is 0. The maximum atomic E-state index is 10.2. The number of nitrogens with zero attached hydrogens (tertiary/aromatic N) is 3. The van der Waals surface area contributed by atoms with E-state index in [-0.39, 0.29) is 5.92 Å². The first-order valence-corrected chi connectivity index (χ1v) is 20.2. The van der Waals surface area contributed by atoms with Crippen LogP contribution in [0.2, 0.25) is 0 Å². The molecule has 7 heteroatoms. The van der Waals surface area contributed by atoms with Crippen LogP contribution in [-0.4, -0.2) is 53.3 Å². The molecule has 1 aromatic rings. The fourth-order valence-electron chi connectivity index (χ4n) is 6.11. The van der Waals surface area contributed by atoms with E-state index >= 15 is 0 Å².